The number of rotatable bonds is 10. The van der Waals surface area contributed by atoms with Crippen LogP contribution in [0.2, 0.25) is 5.02 Å². The molecule has 1 aliphatic rings. The fourth-order valence-corrected chi connectivity index (χ4v) is 5.60. The van der Waals surface area contributed by atoms with Crippen molar-refractivity contribution in [3.63, 3.8) is 0 Å². The van der Waals surface area contributed by atoms with Gasteiger partial charge in [0.1, 0.15) is 12.4 Å². The first kappa shape index (κ1) is 28.2. The fourth-order valence-electron chi connectivity index (χ4n) is 4.28. The van der Waals surface area contributed by atoms with Crippen molar-refractivity contribution in [2.24, 2.45) is 4.99 Å². The van der Waals surface area contributed by atoms with E-state index >= 15 is 0 Å². The maximum absolute atomic E-state index is 13.8. The molecule has 10 heteroatoms. The molecule has 1 aliphatic heterocycles. The summed E-state index contributed by atoms with van der Waals surface area (Å²) < 4.78 is 24.0. The number of thiazole rings is 1. The second-order valence-electron chi connectivity index (χ2n) is 8.44. The quantitative estimate of drug-likeness (QED) is 0.266. The van der Waals surface area contributed by atoms with E-state index < -0.39 is 12.0 Å². The third kappa shape index (κ3) is 5.79. The molecule has 0 saturated heterocycles. The number of halogens is 1. The van der Waals surface area contributed by atoms with Crippen molar-refractivity contribution in [3.8, 4) is 17.2 Å². The minimum atomic E-state index is -0.717. The molecule has 0 radical (unpaired) electrons. The molecule has 0 saturated carbocycles. The number of hydrogen-bond donors (Lipinski definition) is 0. The van der Waals surface area contributed by atoms with Crippen LogP contribution in [0.1, 0.15) is 37.9 Å². The van der Waals surface area contributed by atoms with E-state index in [1.165, 1.54) is 23.0 Å². The summed E-state index contributed by atoms with van der Waals surface area (Å²) in [5.74, 6) is 0.996. The van der Waals surface area contributed by atoms with E-state index in [1.54, 1.807) is 38.1 Å². The lowest BCUT2D eigenvalue weighted by molar-refractivity contribution is -0.139. The molecule has 0 N–H and O–H groups in total. The van der Waals surface area contributed by atoms with E-state index in [1.807, 2.05) is 31.2 Å². The van der Waals surface area contributed by atoms with E-state index in [4.69, 9.17) is 30.5 Å². The molecule has 0 spiro atoms. The van der Waals surface area contributed by atoms with Crippen molar-refractivity contribution < 1.29 is 23.7 Å². The fraction of sp³-hybridized carbons (Fsp3) is 0.276. The first-order valence-corrected chi connectivity index (χ1v) is 13.6. The van der Waals surface area contributed by atoms with Crippen LogP contribution in [-0.4, -0.2) is 37.5 Å². The second-order valence-corrected chi connectivity index (χ2v) is 9.85. The zero-order valence-electron chi connectivity index (χ0n) is 22.2. The Morgan fingerprint density at radius 1 is 1.18 bits per heavy atom. The predicted molar refractivity (Wildman–Crippen MR) is 152 cm³/mol. The molecule has 0 aliphatic carbocycles. The van der Waals surface area contributed by atoms with Crippen LogP contribution in [-0.2, 0) is 9.53 Å². The highest BCUT2D eigenvalue weighted by Gasteiger charge is 2.33. The Labute approximate surface area is 235 Å². The number of allylic oxidation sites excluding steroid dienone is 1. The molecule has 2 heterocycles. The molecule has 3 aromatic rings. The van der Waals surface area contributed by atoms with Gasteiger partial charge in [-0.1, -0.05) is 47.7 Å². The number of nitrogens with zero attached hydrogens (tertiary/aromatic N) is 2. The molecular weight excluding hydrogens is 540 g/mol. The number of carbonyl (C=O) groups excluding carboxylic acids is 1. The first-order valence-electron chi connectivity index (χ1n) is 12.4. The summed E-state index contributed by atoms with van der Waals surface area (Å²) in [6.45, 7) is 10.0. The molecule has 1 unspecified atom stereocenters. The first-order chi connectivity index (χ1) is 18.8. The summed E-state index contributed by atoms with van der Waals surface area (Å²) in [7, 11) is 1.51. The molecule has 1 atom stereocenters. The van der Waals surface area contributed by atoms with Gasteiger partial charge < -0.3 is 18.9 Å². The van der Waals surface area contributed by atoms with Gasteiger partial charge in [0.15, 0.2) is 16.3 Å². The number of fused-ring (bicyclic) bond motifs is 1. The maximum Gasteiger partial charge on any atom is 0.338 e. The maximum atomic E-state index is 13.8. The molecule has 4 rings (SSSR count). The van der Waals surface area contributed by atoms with Gasteiger partial charge in [0.05, 0.1) is 47.2 Å². The normalized spacial score (nSPS) is 14.9. The minimum absolute atomic E-state index is 0.200. The average Bonchev–Trinajstić information content (AvgIpc) is 3.21. The zero-order chi connectivity index (χ0) is 28.1. The second kappa shape index (κ2) is 12.4. The highest BCUT2D eigenvalue weighted by atomic mass is 35.5. The van der Waals surface area contributed by atoms with Crippen molar-refractivity contribution in [2.75, 3.05) is 26.9 Å². The predicted octanol–water partition coefficient (Wildman–Crippen LogP) is 4.42. The molecule has 8 nitrogen and oxygen atoms in total. The lowest BCUT2D eigenvalue weighted by Gasteiger charge is -2.24. The number of carbonyl (C=O) groups is 1. The van der Waals surface area contributed by atoms with Crippen molar-refractivity contribution in [3.05, 3.63) is 96.2 Å². The Bertz CT molecular complexity index is 1600. The van der Waals surface area contributed by atoms with Gasteiger partial charge >= 0.3 is 5.97 Å². The van der Waals surface area contributed by atoms with Crippen LogP contribution in [0.5, 0.6) is 17.2 Å². The molecule has 0 bridgehead atoms. The Hall–Kier alpha value is -3.82. The van der Waals surface area contributed by atoms with Crippen LogP contribution in [0.15, 0.2) is 70.1 Å². The standard InChI is InChI=1S/C29H29ClN2O6S/c1-6-13-38-26-21(30)14-18(15-22(26)35-5)16-23-27(33)32-25(19-9-11-20(12-10-19)36-7-2)24(28(34)37-8-3)17(4)31-29(32)39-23/h6,9-12,14-16,25H,1,7-8,13H2,2-5H3. The van der Waals surface area contributed by atoms with Crippen LogP contribution in [0.25, 0.3) is 6.08 Å². The Balaban J connectivity index is 1.88. The van der Waals surface area contributed by atoms with Gasteiger partial charge in [0.2, 0.25) is 0 Å². The van der Waals surface area contributed by atoms with Crippen LogP contribution in [0.4, 0.5) is 0 Å². The highest BCUT2D eigenvalue weighted by molar-refractivity contribution is 7.07. The van der Waals surface area contributed by atoms with E-state index in [0.29, 0.717) is 55.0 Å². The smallest absolute Gasteiger partial charge is 0.338 e. The number of esters is 1. The minimum Gasteiger partial charge on any atom is -0.494 e. The number of hydrogen-bond acceptors (Lipinski definition) is 8. The Morgan fingerprint density at radius 3 is 2.56 bits per heavy atom. The summed E-state index contributed by atoms with van der Waals surface area (Å²) in [4.78, 5) is 32.0. The summed E-state index contributed by atoms with van der Waals surface area (Å²) in [5, 5.41) is 0.336. The Kier molecular flexibility index (Phi) is 8.93. The average molecular weight is 569 g/mol. The van der Waals surface area contributed by atoms with Crippen LogP contribution in [0.3, 0.4) is 0 Å². The van der Waals surface area contributed by atoms with Crippen molar-refractivity contribution >= 4 is 35.0 Å². The number of methoxy groups -OCH3 is 1. The number of ether oxygens (including phenoxy) is 4. The third-order valence-corrected chi connectivity index (χ3v) is 7.18. The zero-order valence-corrected chi connectivity index (χ0v) is 23.7. The lowest BCUT2D eigenvalue weighted by Crippen LogP contribution is -2.39. The van der Waals surface area contributed by atoms with E-state index in [-0.39, 0.29) is 18.8 Å². The van der Waals surface area contributed by atoms with Gasteiger partial charge in [-0.25, -0.2) is 9.79 Å². The monoisotopic (exact) mass is 568 g/mol. The van der Waals surface area contributed by atoms with Gasteiger partial charge in [0.25, 0.3) is 5.56 Å². The van der Waals surface area contributed by atoms with Gasteiger partial charge in [-0.3, -0.25) is 9.36 Å². The summed E-state index contributed by atoms with van der Waals surface area (Å²) in [6.07, 6.45) is 3.33. The van der Waals surface area contributed by atoms with Crippen LogP contribution in [0, 0.1) is 0 Å². The molecule has 204 valence electrons. The van der Waals surface area contributed by atoms with Crippen LogP contribution < -0.4 is 29.1 Å². The summed E-state index contributed by atoms with van der Waals surface area (Å²) in [5.41, 5.74) is 1.89. The highest BCUT2D eigenvalue weighted by Crippen LogP contribution is 2.37. The van der Waals surface area contributed by atoms with E-state index in [2.05, 4.69) is 11.6 Å². The van der Waals surface area contributed by atoms with Crippen LogP contribution >= 0.6 is 22.9 Å². The van der Waals surface area contributed by atoms with E-state index in [0.717, 1.165) is 5.56 Å². The lowest BCUT2D eigenvalue weighted by atomic mass is 9.96. The van der Waals surface area contributed by atoms with Gasteiger partial charge in [0, 0.05) is 0 Å². The molecule has 2 aromatic carbocycles. The molecule has 1 aromatic heterocycles. The van der Waals surface area contributed by atoms with E-state index in [9.17, 15) is 9.59 Å². The third-order valence-electron chi connectivity index (χ3n) is 5.92. The summed E-state index contributed by atoms with van der Waals surface area (Å²) in [6, 6.07) is 10.0. The van der Waals surface area contributed by atoms with Gasteiger partial charge in [-0.15, -0.1) is 0 Å². The Morgan fingerprint density at radius 2 is 1.92 bits per heavy atom. The van der Waals surface area contributed by atoms with Crippen molar-refractivity contribution in [1.82, 2.24) is 4.57 Å². The molecular formula is C29H29ClN2O6S. The van der Waals surface area contributed by atoms with Gasteiger partial charge in [-0.05, 0) is 62.2 Å². The van der Waals surface area contributed by atoms with Crippen molar-refractivity contribution in [1.29, 1.82) is 0 Å². The molecule has 0 amide bonds. The topological polar surface area (TPSA) is 88.4 Å². The largest absolute Gasteiger partial charge is 0.494 e. The van der Waals surface area contributed by atoms with Gasteiger partial charge in [-0.2, -0.15) is 0 Å². The SMILES string of the molecule is C=CCOc1c(Cl)cc(C=c2sc3n(c2=O)C(c2ccc(OCC)cc2)C(C(=O)OCC)=C(C)N=3)cc1OC. The molecule has 39 heavy (non-hydrogen) atoms. The molecule has 0 fully saturated rings. The number of aromatic nitrogens is 1. The number of benzene rings is 2. The summed E-state index contributed by atoms with van der Waals surface area (Å²) >= 11 is 7.69. The van der Waals surface area contributed by atoms with Crippen molar-refractivity contribution in [2.45, 2.75) is 26.8 Å².